The molecule has 1 aromatic carbocycles. The molecule has 1 unspecified atom stereocenters. The van der Waals surface area contributed by atoms with Crippen LogP contribution in [0.4, 0.5) is 4.79 Å². The number of aromatic nitrogens is 2. The molecule has 37 heavy (non-hydrogen) atoms. The maximum absolute atomic E-state index is 12.9. The lowest BCUT2D eigenvalue weighted by Crippen LogP contribution is -2.41. The van der Waals surface area contributed by atoms with E-state index in [1.54, 1.807) is 24.7 Å². The van der Waals surface area contributed by atoms with Gasteiger partial charge in [0.2, 0.25) is 0 Å². The number of hydrogen-bond donors (Lipinski definition) is 2. The molecular formula is C29H33N7O. The highest BCUT2D eigenvalue weighted by atomic mass is 16.2. The number of nitriles is 1. The second kappa shape index (κ2) is 10.8. The summed E-state index contributed by atoms with van der Waals surface area (Å²) in [6.07, 6.45) is 11.5. The molecule has 1 fully saturated rings. The van der Waals surface area contributed by atoms with Crippen molar-refractivity contribution in [2.24, 2.45) is 16.1 Å². The van der Waals surface area contributed by atoms with Crippen LogP contribution < -0.4 is 11.1 Å². The van der Waals surface area contributed by atoms with Crippen LogP contribution in [0.2, 0.25) is 0 Å². The molecule has 1 saturated heterocycles. The van der Waals surface area contributed by atoms with Crippen LogP contribution in [0.25, 0.3) is 16.6 Å². The second-order valence-corrected chi connectivity index (χ2v) is 9.82. The third-order valence-corrected chi connectivity index (χ3v) is 7.45. The number of unbranched alkanes of at least 4 members (excludes halogenated alkanes) is 1. The zero-order valence-electron chi connectivity index (χ0n) is 20.9. The van der Waals surface area contributed by atoms with Crippen LogP contribution in [0, 0.1) is 16.7 Å². The summed E-state index contributed by atoms with van der Waals surface area (Å²) in [6.45, 7) is 2.72. The van der Waals surface area contributed by atoms with Gasteiger partial charge in [-0.25, -0.2) is 4.79 Å². The molecule has 2 amide bonds. The Hall–Kier alpha value is -4.25. The first-order valence-corrected chi connectivity index (χ1v) is 12.8. The number of pyridine rings is 2. The number of fused-ring (bicyclic) bond motifs is 1. The van der Waals surface area contributed by atoms with Gasteiger partial charge >= 0.3 is 6.03 Å². The summed E-state index contributed by atoms with van der Waals surface area (Å²) in [5, 5.41) is 13.3. The zero-order valence-corrected chi connectivity index (χ0v) is 20.9. The summed E-state index contributed by atoms with van der Waals surface area (Å²) in [4.78, 5) is 28.2. The fourth-order valence-corrected chi connectivity index (χ4v) is 5.29. The minimum atomic E-state index is -0.139. The molecule has 3 N–H and O–H groups in total. The summed E-state index contributed by atoms with van der Waals surface area (Å²) in [6, 6.07) is 14.0. The van der Waals surface area contributed by atoms with Crippen LogP contribution in [0.15, 0.2) is 66.1 Å². The molecule has 2 aliphatic rings. The Labute approximate surface area is 218 Å². The van der Waals surface area contributed by atoms with Gasteiger partial charge in [0, 0.05) is 74.0 Å². The molecule has 8 heteroatoms. The van der Waals surface area contributed by atoms with E-state index in [0.29, 0.717) is 30.9 Å². The summed E-state index contributed by atoms with van der Waals surface area (Å²) < 4.78 is 0. The Balaban J connectivity index is 0.00000336. The molecule has 0 bridgehead atoms. The topological polar surface area (TPSA) is 120 Å². The maximum atomic E-state index is 12.9. The summed E-state index contributed by atoms with van der Waals surface area (Å²) in [5.74, 6) is 0. The third kappa shape index (κ3) is 5.31. The summed E-state index contributed by atoms with van der Waals surface area (Å²) in [5.41, 5.74) is 11.4. The Morgan fingerprint density at radius 2 is 2.14 bits per heavy atom. The van der Waals surface area contributed by atoms with Crippen molar-refractivity contribution in [3.63, 3.8) is 0 Å². The number of nitrogens with zero attached hydrogens (tertiary/aromatic N) is 5. The number of carbonyl (C=O) groups excluding carboxylic acids is 1. The number of amides is 2. The number of carbonyl (C=O) groups is 1. The van der Waals surface area contributed by atoms with Gasteiger partial charge in [0.15, 0.2) is 0 Å². The molecule has 0 saturated carbocycles. The standard InChI is InChI=1S/C29H31N7O.H2/c30-17-22-8-12-32-18-23(22)6-3-4-11-34-28(37)36-14-10-29(20-36)9-13-33-27(29)16-25(31)24-15-21-5-1-2-7-26(21)35-19-24;/h1-2,5,7-8,12,15-16,18-19H,3-4,6,9-11,13-14,20,31H2,(H,34,37);1H/b25-16-;. The number of allylic oxidation sites excluding steroid dienone is 1. The van der Waals surface area contributed by atoms with E-state index in [4.69, 9.17) is 10.7 Å². The highest BCUT2D eigenvalue weighted by Crippen LogP contribution is 2.40. The van der Waals surface area contributed by atoms with Gasteiger partial charge in [-0.15, -0.1) is 0 Å². The first kappa shape index (κ1) is 24.4. The average molecular weight is 496 g/mol. The highest BCUT2D eigenvalue weighted by molar-refractivity contribution is 6.06. The van der Waals surface area contributed by atoms with E-state index in [-0.39, 0.29) is 12.9 Å². The van der Waals surface area contributed by atoms with Crippen molar-refractivity contribution >= 4 is 28.3 Å². The summed E-state index contributed by atoms with van der Waals surface area (Å²) >= 11 is 0. The molecule has 5 rings (SSSR count). The first-order valence-electron chi connectivity index (χ1n) is 12.8. The second-order valence-electron chi connectivity index (χ2n) is 9.82. The summed E-state index contributed by atoms with van der Waals surface area (Å²) in [7, 11) is 0. The van der Waals surface area contributed by atoms with Crippen LogP contribution >= 0.6 is 0 Å². The molecule has 8 nitrogen and oxygen atoms in total. The number of urea groups is 1. The minimum absolute atomic E-state index is 0. The number of hydrogen-bond acceptors (Lipinski definition) is 6. The average Bonchev–Trinajstić information content (AvgIpc) is 3.54. The van der Waals surface area contributed by atoms with Crippen LogP contribution in [0.5, 0.6) is 0 Å². The molecule has 1 atom stereocenters. The first-order chi connectivity index (χ1) is 18.1. The van der Waals surface area contributed by atoms with Crippen molar-refractivity contribution in [1.82, 2.24) is 20.2 Å². The molecule has 1 spiro atoms. The van der Waals surface area contributed by atoms with E-state index >= 15 is 0 Å². The quantitative estimate of drug-likeness (QED) is 0.473. The van der Waals surface area contributed by atoms with Crippen molar-refractivity contribution in [2.45, 2.75) is 32.1 Å². The number of aliphatic imine (C=N–C) groups is 1. The number of nitrogens with one attached hydrogen (secondary N) is 1. The van der Waals surface area contributed by atoms with Gasteiger partial charge in [0.25, 0.3) is 0 Å². The van der Waals surface area contributed by atoms with E-state index in [0.717, 1.165) is 66.4 Å². The predicted molar refractivity (Wildman–Crippen MR) is 147 cm³/mol. The van der Waals surface area contributed by atoms with Crippen molar-refractivity contribution < 1.29 is 6.22 Å². The zero-order chi connectivity index (χ0) is 25.7. The molecule has 4 heterocycles. The Morgan fingerprint density at radius 3 is 3.03 bits per heavy atom. The van der Waals surface area contributed by atoms with E-state index in [2.05, 4.69) is 27.4 Å². The SMILES string of the molecule is N#Cc1ccncc1CCCCNC(=O)N1CCC2(CCN=C2/C=C(\N)c2cnc3ccccc3c2)C1.[HH]. The highest BCUT2D eigenvalue weighted by Gasteiger charge is 2.45. The van der Waals surface area contributed by atoms with Gasteiger partial charge in [0.05, 0.1) is 17.1 Å². The van der Waals surface area contributed by atoms with E-state index in [9.17, 15) is 10.1 Å². The fraction of sp³-hybridized carbons (Fsp3) is 0.345. The number of rotatable bonds is 7. The molecule has 190 valence electrons. The van der Waals surface area contributed by atoms with Crippen molar-refractivity contribution in [2.75, 3.05) is 26.2 Å². The number of aryl methyl sites for hydroxylation is 1. The molecule has 0 radical (unpaired) electrons. The van der Waals surface area contributed by atoms with Gasteiger partial charge in [-0.05, 0) is 61.9 Å². The number of para-hydroxylation sites is 1. The maximum Gasteiger partial charge on any atom is 0.317 e. The lowest BCUT2D eigenvalue weighted by molar-refractivity contribution is 0.205. The third-order valence-electron chi connectivity index (χ3n) is 7.45. The Bertz CT molecular complexity index is 1410. The number of nitrogens with two attached hydrogens (primary N) is 1. The normalized spacial score (nSPS) is 19.3. The van der Waals surface area contributed by atoms with E-state index in [1.165, 1.54) is 0 Å². The van der Waals surface area contributed by atoms with Crippen LogP contribution in [-0.4, -0.2) is 52.8 Å². The van der Waals surface area contributed by atoms with Gasteiger partial charge in [-0.3, -0.25) is 15.0 Å². The van der Waals surface area contributed by atoms with Crippen LogP contribution in [0.3, 0.4) is 0 Å². The van der Waals surface area contributed by atoms with Crippen LogP contribution in [-0.2, 0) is 6.42 Å². The monoisotopic (exact) mass is 495 g/mol. The molecule has 0 aliphatic carbocycles. The molecule has 2 aromatic heterocycles. The van der Waals surface area contributed by atoms with Crippen molar-refractivity contribution in [3.05, 3.63) is 77.8 Å². The molecule has 3 aromatic rings. The van der Waals surface area contributed by atoms with E-state index < -0.39 is 0 Å². The minimum Gasteiger partial charge on any atom is -0.398 e. The smallest absolute Gasteiger partial charge is 0.317 e. The largest absolute Gasteiger partial charge is 0.398 e. The van der Waals surface area contributed by atoms with Gasteiger partial charge < -0.3 is 16.0 Å². The fourth-order valence-electron chi connectivity index (χ4n) is 5.29. The van der Waals surface area contributed by atoms with Crippen molar-refractivity contribution in [3.8, 4) is 6.07 Å². The van der Waals surface area contributed by atoms with E-state index in [1.807, 2.05) is 35.2 Å². The predicted octanol–water partition coefficient (Wildman–Crippen LogP) is 4.32. The van der Waals surface area contributed by atoms with Gasteiger partial charge in [-0.1, -0.05) is 18.2 Å². The number of benzene rings is 1. The number of likely N-dealkylation sites (tertiary alicyclic amines) is 1. The van der Waals surface area contributed by atoms with Crippen molar-refractivity contribution in [1.29, 1.82) is 5.26 Å². The Morgan fingerprint density at radius 1 is 1.24 bits per heavy atom. The lowest BCUT2D eigenvalue weighted by atomic mass is 9.80. The van der Waals surface area contributed by atoms with Gasteiger partial charge in [0.1, 0.15) is 0 Å². The lowest BCUT2D eigenvalue weighted by Gasteiger charge is -2.25. The van der Waals surface area contributed by atoms with Crippen LogP contribution in [0.1, 0.15) is 43.8 Å². The molecular weight excluding hydrogens is 462 g/mol. The van der Waals surface area contributed by atoms with Gasteiger partial charge in [-0.2, -0.15) is 5.26 Å². The Kier molecular flexibility index (Phi) is 7.13. The molecule has 2 aliphatic heterocycles.